The Morgan fingerprint density at radius 1 is 1.35 bits per heavy atom. The van der Waals surface area contributed by atoms with Crippen molar-refractivity contribution in [3.8, 4) is 0 Å². The van der Waals surface area contributed by atoms with Crippen molar-refractivity contribution in [1.82, 2.24) is 9.97 Å². The topological polar surface area (TPSA) is 63.8 Å². The monoisotopic (exact) mass is 252 g/mol. The molecule has 3 N–H and O–H groups in total. The molecule has 0 aliphatic carbocycles. The number of nitrogens with zero attached hydrogens (tertiary/aromatic N) is 2. The molecule has 0 fully saturated rings. The lowest BCUT2D eigenvalue weighted by atomic mass is 10.1. The summed E-state index contributed by atoms with van der Waals surface area (Å²) in [6.07, 6.45) is 2.02. The molecule has 88 valence electrons. The second-order valence-corrected chi connectivity index (χ2v) is 3.82. The zero-order valence-electron chi connectivity index (χ0n) is 8.82. The number of benzene rings is 1. The van der Waals surface area contributed by atoms with Crippen LogP contribution in [0.15, 0.2) is 30.5 Å². The number of aromatic nitrogens is 2. The Bertz CT molecular complexity index is 533. The highest BCUT2D eigenvalue weighted by atomic mass is 35.5. The number of nitrogen functional groups attached to an aromatic ring is 1. The number of hydrazine groups is 1. The Labute approximate surface area is 103 Å². The molecule has 1 aromatic heterocycles. The van der Waals surface area contributed by atoms with Crippen molar-refractivity contribution in [2.75, 3.05) is 5.43 Å². The van der Waals surface area contributed by atoms with Crippen LogP contribution in [0.25, 0.3) is 0 Å². The largest absolute Gasteiger partial charge is 0.308 e. The van der Waals surface area contributed by atoms with Crippen LogP contribution in [0.3, 0.4) is 0 Å². The third-order valence-electron chi connectivity index (χ3n) is 2.22. The average Bonchev–Trinajstić information content (AvgIpc) is 2.33. The van der Waals surface area contributed by atoms with Crippen molar-refractivity contribution in [3.63, 3.8) is 0 Å². The van der Waals surface area contributed by atoms with E-state index in [9.17, 15) is 4.39 Å². The summed E-state index contributed by atoms with van der Waals surface area (Å²) in [4.78, 5) is 8.24. The van der Waals surface area contributed by atoms with E-state index in [1.807, 2.05) is 0 Å². The van der Waals surface area contributed by atoms with Gasteiger partial charge in [-0.25, -0.2) is 20.2 Å². The van der Waals surface area contributed by atoms with Crippen LogP contribution >= 0.6 is 11.6 Å². The number of halogens is 2. The van der Waals surface area contributed by atoms with E-state index in [4.69, 9.17) is 17.4 Å². The first-order chi connectivity index (χ1) is 8.19. The second kappa shape index (κ2) is 5.07. The van der Waals surface area contributed by atoms with E-state index in [-0.39, 0.29) is 5.82 Å². The van der Waals surface area contributed by atoms with Gasteiger partial charge in [-0.3, -0.25) is 0 Å². The van der Waals surface area contributed by atoms with E-state index in [0.29, 0.717) is 23.1 Å². The van der Waals surface area contributed by atoms with Gasteiger partial charge in [-0.15, -0.1) is 0 Å². The number of rotatable bonds is 3. The fraction of sp³-hybridized carbons (Fsp3) is 0.0909. The van der Waals surface area contributed by atoms with Gasteiger partial charge in [0, 0.05) is 23.7 Å². The summed E-state index contributed by atoms with van der Waals surface area (Å²) in [6.45, 7) is 0. The van der Waals surface area contributed by atoms with Gasteiger partial charge in [0.05, 0.1) is 0 Å². The fourth-order valence-corrected chi connectivity index (χ4v) is 1.63. The summed E-state index contributed by atoms with van der Waals surface area (Å²) in [5, 5.41) is 0.361. The Hall–Kier alpha value is -1.72. The number of hydrogen-bond acceptors (Lipinski definition) is 4. The van der Waals surface area contributed by atoms with E-state index in [1.54, 1.807) is 18.3 Å². The predicted molar refractivity (Wildman–Crippen MR) is 64.1 cm³/mol. The Morgan fingerprint density at radius 3 is 2.88 bits per heavy atom. The number of nitrogens with one attached hydrogen (secondary N) is 1. The predicted octanol–water partition coefficient (Wildman–Crippen LogP) is 2.15. The highest BCUT2D eigenvalue weighted by Gasteiger charge is 2.05. The molecule has 17 heavy (non-hydrogen) atoms. The molecule has 0 amide bonds. The normalized spacial score (nSPS) is 10.3. The minimum absolute atomic E-state index is 0.361. The molecule has 1 heterocycles. The minimum Gasteiger partial charge on any atom is -0.308 e. The Morgan fingerprint density at radius 2 is 2.18 bits per heavy atom. The van der Waals surface area contributed by atoms with Crippen LogP contribution in [0.5, 0.6) is 0 Å². The van der Waals surface area contributed by atoms with Crippen molar-refractivity contribution < 1.29 is 4.39 Å². The lowest BCUT2D eigenvalue weighted by Crippen LogP contribution is -2.10. The summed E-state index contributed by atoms with van der Waals surface area (Å²) in [6, 6.07) is 5.88. The van der Waals surface area contributed by atoms with Gasteiger partial charge in [-0.2, -0.15) is 0 Å². The molecule has 0 unspecified atom stereocenters. The molecule has 0 saturated heterocycles. The van der Waals surface area contributed by atoms with Gasteiger partial charge >= 0.3 is 0 Å². The lowest BCUT2D eigenvalue weighted by Gasteiger charge is -2.05. The number of nitrogens with two attached hydrogens (primary N) is 1. The molecule has 0 bridgehead atoms. The van der Waals surface area contributed by atoms with Crippen LogP contribution in [0.1, 0.15) is 11.4 Å². The SMILES string of the molecule is NNc1ccnc(Cc2ccc(F)cc2Cl)n1. The quantitative estimate of drug-likeness (QED) is 0.649. The smallest absolute Gasteiger partial charge is 0.143 e. The van der Waals surface area contributed by atoms with Gasteiger partial charge in [0.2, 0.25) is 0 Å². The van der Waals surface area contributed by atoms with E-state index in [1.165, 1.54) is 12.1 Å². The summed E-state index contributed by atoms with van der Waals surface area (Å²) in [7, 11) is 0. The van der Waals surface area contributed by atoms with Crippen LogP contribution in [0, 0.1) is 5.82 Å². The number of anilines is 1. The van der Waals surface area contributed by atoms with Crippen LogP contribution in [0.2, 0.25) is 5.02 Å². The third-order valence-corrected chi connectivity index (χ3v) is 2.57. The molecule has 2 rings (SSSR count). The molecule has 6 heteroatoms. The van der Waals surface area contributed by atoms with Gasteiger partial charge < -0.3 is 5.43 Å². The summed E-state index contributed by atoms with van der Waals surface area (Å²) in [5.74, 6) is 5.97. The maximum atomic E-state index is 12.9. The maximum absolute atomic E-state index is 12.9. The van der Waals surface area contributed by atoms with E-state index in [2.05, 4.69) is 15.4 Å². The van der Waals surface area contributed by atoms with E-state index >= 15 is 0 Å². The molecule has 0 aliphatic heterocycles. The van der Waals surface area contributed by atoms with Gasteiger partial charge in [-0.1, -0.05) is 17.7 Å². The third kappa shape index (κ3) is 2.89. The Kier molecular flexibility index (Phi) is 3.51. The van der Waals surface area contributed by atoms with E-state index in [0.717, 1.165) is 5.56 Å². The summed E-state index contributed by atoms with van der Waals surface area (Å²) < 4.78 is 12.9. The number of hydrogen-bond donors (Lipinski definition) is 2. The molecule has 0 aliphatic rings. The first-order valence-corrected chi connectivity index (χ1v) is 5.29. The highest BCUT2D eigenvalue weighted by Crippen LogP contribution is 2.19. The Balaban J connectivity index is 2.25. The van der Waals surface area contributed by atoms with Crippen molar-refractivity contribution in [2.45, 2.75) is 6.42 Å². The zero-order chi connectivity index (χ0) is 12.3. The molecule has 1 aromatic carbocycles. The van der Waals surface area contributed by atoms with Crippen LogP contribution < -0.4 is 11.3 Å². The summed E-state index contributed by atoms with van der Waals surface area (Å²) >= 11 is 5.92. The standard InChI is InChI=1S/C11H10ClFN4/c12-9-6-8(13)2-1-7(9)5-11-15-4-3-10(16-11)17-14/h1-4,6H,5,14H2,(H,15,16,17). The molecular weight excluding hydrogens is 243 g/mol. The molecule has 0 radical (unpaired) electrons. The van der Waals surface area contributed by atoms with Gasteiger partial charge in [0.15, 0.2) is 0 Å². The maximum Gasteiger partial charge on any atom is 0.143 e. The van der Waals surface area contributed by atoms with Crippen LogP contribution in [0.4, 0.5) is 10.2 Å². The van der Waals surface area contributed by atoms with Gasteiger partial charge in [-0.05, 0) is 17.7 Å². The molecule has 0 spiro atoms. The highest BCUT2D eigenvalue weighted by molar-refractivity contribution is 6.31. The molecule has 4 nitrogen and oxygen atoms in total. The summed E-state index contributed by atoms with van der Waals surface area (Å²) in [5.41, 5.74) is 3.20. The van der Waals surface area contributed by atoms with Crippen molar-refractivity contribution >= 4 is 17.4 Å². The minimum atomic E-state index is -0.364. The molecular formula is C11H10ClFN4. The molecule has 0 atom stereocenters. The first kappa shape index (κ1) is 11.8. The average molecular weight is 253 g/mol. The lowest BCUT2D eigenvalue weighted by molar-refractivity contribution is 0.627. The van der Waals surface area contributed by atoms with Crippen molar-refractivity contribution in [1.29, 1.82) is 0 Å². The van der Waals surface area contributed by atoms with E-state index < -0.39 is 0 Å². The second-order valence-electron chi connectivity index (χ2n) is 3.41. The van der Waals surface area contributed by atoms with Gasteiger partial charge in [0.1, 0.15) is 17.5 Å². The molecule has 0 saturated carbocycles. The fourth-order valence-electron chi connectivity index (χ4n) is 1.40. The van der Waals surface area contributed by atoms with Crippen molar-refractivity contribution in [3.05, 3.63) is 52.7 Å². The van der Waals surface area contributed by atoms with Crippen molar-refractivity contribution in [2.24, 2.45) is 5.84 Å². The van der Waals surface area contributed by atoms with Crippen LogP contribution in [-0.2, 0) is 6.42 Å². The first-order valence-electron chi connectivity index (χ1n) is 4.91. The molecule has 2 aromatic rings. The zero-order valence-corrected chi connectivity index (χ0v) is 9.58. The van der Waals surface area contributed by atoms with Gasteiger partial charge in [0.25, 0.3) is 0 Å². The van der Waals surface area contributed by atoms with Crippen LogP contribution in [-0.4, -0.2) is 9.97 Å².